The van der Waals surface area contributed by atoms with Gasteiger partial charge in [-0.1, -0.05) is 49.7 Å². The molecule has 1 saturated carbocycles. The third-order valence-electron chi connectivity index (χ3n) is 7.49. The van der Waals surface area contributed by atoms with Crippen molar-refractivity contribution in [3.05, 3.63) is 77.0 Å². The van der Waals surface area contributed by atoms with Crippen molar-refractivity contribution in [3.8, 4) is 6.07 Å². The molecule has 1 atom stereocenters. The molecule has 0 amide bonds. The molecular formula is C30H27ClF3N9. The lowest BCUT2D eigenvalue weighted by atomic mass is 9.96. The zero-order chi connectivity index (χ0) is 30.6. The summed E-state index contributed by atoms with van der Waals surface area (Å²) in [6, 6.07) is 10.3. The summed E-state index contributed by atoms with van der Waals surface area (Å²) in [7, 11) is 0. The fourth-order valence-corrected chi connectivity index (χ4v) is 5.34. The van der Waals surface area contributed by atoms with Gasteiger partial charge < -0.3 is 10.6 Å². The number of nitriles is 1. The molecule has 13 heteroatoms. The number of benzene rings is 2. The quantitative estimate of drug-likeness (QED) is 0.203. The van der Waals surface area contributed by atoms with Gasteiger partial charge in [0.15, 0.2) is 5.54 Å². The lowest BCUT2D eigenvalue weighted by Gasteiger charge is -2.23. The minimum atomic E-state index is -4.46. The molecule has 5 aromatic rings. The second-order valence-corrected chi connectivity index (χ2v) is 12.3. The first-order chi connectivity index (χ1) is 20.4. The van der Waals surface area contributed by atoms with E-state index in [9.17, 15) is 18.4 Å². The van der Waals surface area contributed by atoms with E-state index < -0.39 is 17.8 Å². The molecule has 1 fully saturated rings. The van der Waals surface area contributed by atoms with E-state index in [1.54, 1.807) is 30.6 Å². The maximum absolute atomic E-state index is 13.9. The van der Waals surface area contributed by atoms with Gasteiger partial charge in [-0.3, -0.25) is 15.0 Å². The molecule has 1 aliphatic rings. The Labute approximate surface area is 250 Å². The third kappa shape index (κ3) is 5.29. The Morgan fingerprint density at radius 1 is 1.09 bits per heavy atom. The Kier molecular flexibility index (Phi) is 6.88. The van der Waals surface area contributed by atoms with E-state index in [1.165, 1.54) is 12.4 Å². The SMILES string of the molecule is CC(C)(C)CNc1c(C#N)cnc2c(Cl)cc(N[C@H](c3cn(C4(C(F)(F)F)CC4)nn3)c3cccc4nccnc34)cc12. The number of hydrogen-bond acceptors (Lipinski definition) is 8. The highest BCUT2D eigenvalue weighted by Crippen LogP contribution is 2.55. The van der Waals surface area contributed by atoms with Crippen molar-refractivity contribution in [2.45, 2.75) is 51.4 Å². The average molecular weight is 606 g/mol. The van der Waals surface area contributed by atoms with Crippen LogP contribution >= 0.6 is 11.6 Å². The number of fused-ring (bicyclic) bond motifs is 2. The Balaban J connectivity index is 1.49. The summed E-state index contributed by atoms with van der Waals surface area (Å²) in [6.07, 6.45) is 1.36. The van der Waals surface area contributed by atoms with Crippen LogP contribution in [-0.4, -0.2) is 42.7 Å². The van der Waals surface area contributed by atoms with Crippen LogP contribution < -0.4 is 10.6 Å². The Hall–Kier alpha value is -4.50. The zero-order valence-electron chi connectivity index (χ0n) is 23.5. The summed E-state index contributed by atoms with van der Waals surface area (Å²) < 4.78 is 42.7. The number of alkyl halides is 3. The third-order valence-corrected chi connectivity index (χ3v) is 7.78. The van der Waals surface area contributed by atoms with E-state index in [0.717, 1.165) is 4.68 Å². The van der Waals surface area contributed by atoms with Crippen LogP contribution in [0, 0.1) is 16.7 Å². The number of para-hydroxylation sites is 1. The van der Waals surface area contributed by atoms with E-state index in [2.05, 4.69) is 62.7 Å². The Bertz CT molecular complexity index is 1880. The summed E-state index contributed by atoms with van der Waals surface area (Å²) in [6.45, 7) is 6.80. The van der Waals surface area contributed by atoms with E-state index in [-0.39, 0.29) is 24.0 Å². The van der Waals surface area contributed by atoms with E-state index in [1.807, 2.05) is 12.1 Å². The lowest BCUT2D eigenvalue weighted by Crippen LogP contribution is -2.35. The van der Waals surface area contributed by atoms with Gasteiger partial charge in [-0.05, 0) is 36.5 Å². The summed E-state index contributed by atoms with van der Waals surface area (Å²) in [5.74, 6) is 0. The molecule has 0 saturated heterocycles. The largest absolute Gasteiger partial charge is 0.413 e. The molecule has 0 bridgehead atoms. The first-order valence-corrected chi connectivity index (χ1v) is 14.0. The fourth-order valence-electron chi connectivity index (χ4n) is 5.08. The number of halogens is 4. The van der Waals surface area contributed by atoms with Crippen LogP contribution in [-0.2, 0) is 5.54 Å². The van der Waals surface area contributed by atoms with Crippen molar-refractivity contribution < 1.29 is 13.2 Å². The highest BCUT2D eigenvalue weighted by atomic mass is 35.5. The van der Waals surface area contributed by atoms with Gasteiger partial charge in [0.25, 0.3) is 0 Å². The van der Waals surface area contributed by atoms with Crippen LogP contribution in [0.3, 0.4) is 0 Å². The molecule has 0 spiro atoms. The summed E-state index contributed by atoms with van der Waals surface area (Å²) in [5, 5.41) is 25.7. The first-order valence-electron chi connectivity index (χ1n) is 13.6. The van der Waals surface area contributed by atoms with Crippen LogP contribution in [0.1, 0.15) is 56.5 Å². The summed E-state index contributed by atoms with van der Waals surface area (Å²) in [4.78, 5) is 13.3. The second-order valence-electron chi connectivity index (χ2n) is 11.9. The number of aromatic nitrogens is 6. The molecule has 6 rings (SSSR count). The van der Waals surface area contributed by atoms with E-state index in [0.29, 0.717) is 56.0 Å². The van der Waals surface area contributed by atoms with Gasteiger partial charge in [0.2, 0.25) is 0 Å². The first kappa shape index (κ1) is 28.6. The number of pyridine rings is 1. The maximum atomic E-state index is 13.9. The zero-order valence-corrected chi connectivity index (χ0v) is 24.3. The minimum Gasteiger partial charge on any atom is -0.383 e. The van der Waals surface area contributed by atoms with Gasteiger partial charge in [0.1, 0.15) is 11.8 Å². The number of nitrogens with one attached hydrogen (secondary N) is 2. The smallest absolute Gasteiger partial charge is 0.383 e. The van der Waals surface area contributed by atoms with E-state index in [4.69, 9.17) is 11.6 Å². The number of hydrogen-bond donors (Lipinski definition) is 2. The van der Waals surface area contributed by atoms with Crippen LogP contribution in [0.4, 0.5) is 24.5 Å². The average Bonchev–Trinajstić information content (AvgIpc) is 3.65. The lowest BCUT2D eigenvalue weighted by molar-refractivity contribution is -0.182. The maximum Gasteiger partial charge on any atom is 0.413 e. The van der Waals surface area contributed by atoms with Crippen LogP contribution in [0.25, 0.3) is 21.9 Å². The summed E-state index contributed by atoms with van der Waals surface area (Å²) in [5.41, 5.74) is 1.92. The molecule has 2 aromatic carbocycles. The number of rotatable bonds is 7. The standard InChI is InChI=1S/C30H27ClF3N9/c1-28(2,3)16-39-24-17(13-35)14-38-25-20(24)11-18(12-21(25)31)40-27(19-5-4-6-22-26(19)37-10-9-36-22)23-15-43(42-41-23)29(7-8-29)30(32,33)34/h4-6,9-12,14-15,27,40H,7-8,16H2,1-3H3,(H,38,39)/t27-/m0/s1. The molecule has 0 radical (unpaired) electrons. The minimum absolute atomic E-state index is 0.0595. The van der Waals surface area contributed by atoms with Crippen molar-refractivity contribution in [3.63, 3.8) is 0 Å². The van der Waals surface area contributed by atoms with Gasteiger partial charge in [0, 0.05) is 41.8 Å². The number of anilines is 2. The van der Waals surface area contributed by atoms with Crippen molar-refractivity contribution in [2.75, 3.05) is 17.2 Å². The van der Waals surface area contributed by atoms with Crippen molar-refractivity contribution >= 4 is 44.9 Å². The van der Waals surface area contributed by atoms with Crippen LogP contribution in [0.15, 0.2) is 55.1 Å². The summed E-state index contributed by atoms with van der Waals surface area (Å²) >= 11 is 6.72. The highest BCUT2D eigenvalue weighted by molar-refractivity contribution is 6.35. The molecule has 1 aliphatic carbocycles. The molecule has 9 nitrogen and oxygen atoms in total. The topological polar surface area (TPSA) is 117 Å². The van der Waals surface area contributed by atoms with Gasteiger partial charge in [-0.2, -0.15) is 18.4 Å². The highest BCUT2D eigenvalue weighted by Gasteiger charge is 2.66. The van der Waals surface area contributed by atoms with Gasteiger partial charge in [-0.25, -0.2) is 4.68 Å². The number of nitrogens with zero attached hydrogens (tertiary/aromatic N) is 7. The molecule has 3 aromatic heterocycles. The predicted molar refractivity (Wildman–Crippen MR) is 158 cm³/mol. The van der Waals surface area contributed by atoms with Crippen molar-refractivity contribution in [2.24, 2.45) is 5.41 Å². The molecular weight excluding hydrogens is 579 g/mol. The van der Waals surface area contributed by atoms with Gasteiger partial charge in [0.05, 0.1) is 45.1 Å². The van der Waals surface area contributed by atoms with E-state index >= 15 is 0 Å². The predicted octanol–water partition coefficient (Wildman–Crippen LogP) is 7.01. The van der Waals surface area contributed by atoms with Gasteiger partial charge >= 0.3 is 6.18 Å². The second kappa shape index (κ2) is 10.3. The molecule has 0 aliphatic heterocycles. The fraction of sp³-hybridized carbons (Fsp3) is 0.333. The van der Waals surface area contributed by atoms with Gasteiger partial charge in [-0.15, -0.1) is 5.10 Å². The molecule has 3 heterocycles. The van der Waals surface area contributed by atoms with Crippen LogP contribution in [0.2, 0.25) is 5.02 Å². The van der Waals surface area contributed by atoms with Crippen LogP contribution in [0.5, 0.6) is 0 Å². The Morgan fingerprint density at radius 2 is 1.86 bits per heavy atom. The molecule has 2 N–H and O–H groups in total. The normalized spacial score (nSPS) is 15.3. The molecule has 0 unspecified atom stereocenters. The monoisotopic (exact) mass is 605 g/mol. The van der Waals surface area contributed by atoms with Crippen molar-refractivity contribution in [1.82, 2.24) is 29.9 Å². The molecule has 220 valence electrons. The van der Waals surface area contributed by atoms with Crippen molar-refractivity contribution in [1.29, 1.82) is 5.26 Å². The Morgan fingerprint density at radius 3 is 2.56 bits per heavy atom. The molecule has 43 heavy (non-hydrogen) atoms.